The number of carbonyl (C=O) groups excluding carboxylic acids is 4. The Morgan fingerprint density at radius 1 is 0.611 bits per heavy atom. The van der Waals surface area contributed by atoms with Crippen LogP contribution in [0.1, 0.15) is 12.8 Å². The van der Waals surface area contributed by atoms with Gasteiger partial charge in [-0.25, -0.2) is 0 Å². The highest BCUT2D eigenvalue weighted by Crippen LogP contribution is 2.59. The van der Waals surface area contributed by atoms with Crippen molar-refractivity contribution in [1.82, 2.24) is 0 Å². The van der Waals surface area contributed by atoms with Gasteiger partial charge in [0.1, 0.15) is 0 Å². The van der Waals surface area contributed by atoms with Crippen LogP contribution in [0.2, 0.25) is 0 Å². The Labute approximate surface area is 102 Å². The van der Waals surface area contributed by atoms with E-state index < -0.39 is 47.5 Å². The van der Waals surface area contributed by atoms with E-state index in [4.69, 9.17) is 0 Å². The minimum absolute atomic E-state index is 0.275. The highest BCUT2D eigenvalue weighted by molar-refractivity contribution is 6.02. The lowest BCUT2D eigenvalue weighted by Gasteiger charge is -2.46. The zero-order valence-electron chi connectivity index (χ0n) is 9.33. The molecule has 0 aromatic carbocycles. The van der Waals surface area contributed by atoms with E-state index in [1.807, 2.05) is 0 Å². The summed E-state index contributed by atoms with van der Waals surface area (Å²) in [5, 5.41) is 0. The SMILES string of the molecule is O=C1OC(=O)[C@H]2C3CCC([C@@H]12)[C@H]1C(=O)OC(=O)[C@@H]31. The van der Waals surface area contributed by atoms with Crippen molar-refractivity contribution in [1.29, 1.82) is 0 Å². The van der Waals surface area contributed by atoms with E-state index in [1.165, 1.54) is 0 Å². The van der Waals surface area contributed by atoms with Crippen molar-refractivity contribution in [3.05, 3.63) is 0 Å². The number of carbonyl (C=O) groups is 4. The lowest BCUT2D eigenvalue weighted by Crippen LogP contribution is -2.53. The molecule has 0 unspecified atom stereocenters. The first kappa shape index (κ1) is 10.2. The second-order valence-corrected chi connectivity index (χ2v) is 5.49. The quantitative estimate of drug-likeness (QED) is 0.431. The largest absolute Gasteiger partial charge is 0.393 e. The highest BCUT2D eigenvalue weighted by atomic mass is 16.6. The average molecular weight is 250 g/mol. The molecule has 2 aliphatic heterocycles. The predicted octanol–water partition coefficient (Wildman–Crippen LogP) is -0.342. The number of cyclic esters (lactones) is 4. The summed E-state index contributed by atoms with van der Waals surface area (Å²) in [6.07, 6.45) is 1.36. The molecule has 6 nitrogen and oxygen atoms in total. The van der Waals surface area contributed by atoms with Gasteiger partial charge in [-0.3, -0.25) is 19.2 Å². The van der Waals surface area contributed by atoms with Crippen LogP contribution in [0.3, 0.4) is 0 Å². The van der Waals surface area contributed by atoms with Crippen LogP contribution in [0.4, 0.5) is 0 Å². The molecule has 0 N–H and O–H groups in total. The number of fused-ring (bicyclic) bond motifs is 1. The van der Waals surface area contributed by atoms with Gasteiger partial charge in [0.2, 0.25) is 0 Å². The molecule has 4 atom stereocenters. The summed E-state index contributed by atoms with van der Waals surface area (Å²) in [5.74, 6) is -4.88. The van der Waals surface area contributed by atoms with Crippen LogP contribution in [-0.2, 0) is 28.7 Å². The number of ether oxygens (including phenoxy) is 2. The molecule has 3 saturated carbocycles. The van der Waals surface area contributed by atoms with Crippen molar-refractivity contribution in [2.45, 2.75) is 12.8 Å². The molecule has 2 bridgehead atoms. The number of hydrogen-bond donors (Lipinski definition) is 0. The molecular weight excluding hydrogens is 240 g/mol. The fourth-order valence-electron chi connectivity index (χ4n) is 4.37. The molecule has 0 aromatic heterocycles. The van der Waals surface area contributed by atoms with Crippen LogP contribution in [0, 0.1) is 35.5 Å². The van der Waals surface area contributed by atoms with Crippen molar-refractivity contribution in [2.24, 2.45) is 35.5 Å². The normalized spacial score (nSPS) is 48.9. The second kappa shape index (κ2) is 2.99. The molecule has 5 rings (SSSR count). The maximum Gasteiger partial charge on any atom is 0.317 e. The van der Waals surface area contributed by atoms with Crippen molar-refractivity contribution in [2.75, 3.05) is 0 Å². The highest BCUT2D eigenvalue weighted by Gasteiger charge is 2.69. The summed E-state index contributed by atoms with van der Waals surface area (Å²) in [6, 6.07) is 0. The van der Waals surface area contributed by atoms with Crippen LogP contribution in [0.25, 0.3) is 0 Å². The van der Waals surface area contributed by atoms with Crippen molar-refractivity contribution >= 4 is 23.9 Å². The number of rotatable bonds is 0. The van der Waals surface area contributed by atoms with Crippen LogP contribution in [-0.4, -0.2) is 23.9 Å². The Balaban J connectivity index is 1.84. The van der Waals surface area contributed by atoms with Crippen LogP contribution >= 0.6 is 0 Å². The van der Waals surface area contributed by atoms with Crippen molar-refractivity contribution in [3.63, 3.8) is 0 Å². The molecule has 5 aliphatic rings. The molecule has 0 amide bonds. The third-order valence-electron chi connectivity index (χ3n) is 4.94. The molecular formula is C12H10O6. The van der Waals surface area contributed by atoms with E-state index in [0.29, 0.717) is 12.8 Å². The van der Waals surface area contributed by atoms with Gasteiger partial charge in [0.25, 0.3) is 0 Å². The maximum atomic E-state index is 11.7. The summed E-state index contributed by atoms with van der Waals surface area (Å²) in [5.41, 5.74) is 0. The Kier molecular flexibility index (Phi) is 1.70. The van der Waals surface area contributed by atoms with E-state index in [-0.39, 0.29) is 11.8 Å². The Morgan fingerprint density at radius 2 is 0.889 bits per heavy atom. The minimum atomic E-state index is -0.545. The zero-order valence-corrected chi connectivity index (χ0v) is 9.33. The molecule has 2 saturated heterocycles. The molecule has 6 heteroatoms. The zero-order chi connectivity index (χ0) is 12.6. The van der Waals surface area contributed by atoms with E-state index >= 15 is 0 Å². The molecule has 18 heavy (non-hydrogen) atoms. The maximum absolute atomic E-state index is 11.7. The molecule has 2 heterocycles. The molecule has 5 fully saturated rings. The smallest absolute Gasteiger partial charge is 0.317 e. The van der Waals surface area contributed by atoms with Gasteiger partial charge in [0.15, 0.2) is 0 Å². The Bertz CT molecular complexity index is 423. The van der Waals surface area contributed by atoms with Crippen molar-refractivity contribution < 1.29 is 28.7 Å². The van der Waals surface area contributed by atoms with Crippen LogP contribution in [0.5, 0.6) is 0 Å². The summed E-state index contributed by atoms with van der Waals surface area (Å²) >= 11 is 0. The lowest BCUT2D eigenvalue weighted by molar-refractivity contribution is -0.154. The van der Waals surface area contributed by atoms with E-state index in [1.54, 1.807) is 0 Å². The van der Waals surface area contributed by atoms with Gasteiger partial charge in [-0.2, -0.15) is 0 Å². The lowest BCUT2D eigenvalue weighted by atomic mass is 9.51. The number of hydrogen-bond acceptors (Lipinski definition) is 6. The average Bonchev–Trinajstić information content (AvgIpc) is 2.81. The van der Waals surface area contributed by atoms with Gasteiger partial charge in [0, 0.05) is 0 Å². The van der Waals surface area contributed by atoms with Gasteiger partial charge in [-0.05, 0) is 24.7 Å². The van der Waals surface area contributed by atoms with Gasteiger partial charge < -0.3 is 9.47 Å². The molecule has 0 spiro atoms. The van der Waals surface area contributed by atoms with E-state index in [0.717, 1.165) is 0 Å². The molecule has 94 valence electrons. The summed E-state index contributed by atoms with van der Waals surface area (Å²) in [7, 11) is 0. The standard InChI is InChI=1S/C12H10O6/c13-9-5-3-1-2-4(7(5)11(15)17-9)8-6(3)10(14)18-12(8)16/h3-8H,1-2H2/t3?,4?,5-,6-,7+,8+. The minimum Gasteiger partial charge on any atom is -0.393 e. The van der Waals surface area contributed by atoms with Crippen LogP contribution in [0.15, 0.2) is 0 Å². The summed E-state index contributed by atoms with van der Waals surface area (Å²) < 4.78 is 9.37. The third-order valence-corrected chi connectivity index (χ3v) is 4.94. The summed E-state index contributed by atoms with van der Waals surface area (Å²) in [6.45, 7) is 0. The first-order valence-electron chi connectivity index (χ1n) is 6.10. The Morgan fingerprint density at radius 3 is 1.17 bits per heavy atom. The second-order valence-electron chi connectivity index (χ2n) is 5.49. The van der Waals surface area contributed by atoms with Crippen LogP contribution < -0.4 is 0 Å². The fourth-order valence-corrected chi connectivity index (χ4v) is 4.37. The van der Waals surface area contributed by atoms with E-state index in [2.05, 4.69) is 9.47 Å². The van der Waals surface area contributed by atoms with E-state index in [9.17, 15) is 19.2 Å². The molecule has 0 aromatic rings. The predicted molar refractivity (Wildman–Crippen MR) is 52.4 cm³/mol. The third kappa shape index (κ3) is 0.958. The first-order valence-corrected chi connectivity index (χ1v) is 6.10. The van der Waals surface area contributed by atoms with Gasteiger partial charge in [-0.1, -0.05) is 0 Å². The fraction of sp³-hybridized carbons (Fsp3) is 0.667. The summed E-state index contributed by atoms with van der Waals surface area (Å²) in [4.78, 5) is 46.8. The van der Waals surface area contributed by atoms with Gasteiger partial charge in [0.05, 0.1) is 23.7 Å². The first-order chi connectivity index (χ1) is 8.59. The monoisotopic (exact) mass is 250 g/mol. The van der Waals surface area contributed by atoms with Crippen molar-refractivity contribution in [3.8, 4) is 0 Å². The molecule has 0 radical (unpaired) electrons. The topological polar surface area (TPSA) is 86.7 Å². The molecule has 3 aliphatic carbocycles. The number of esters is 4. The van der Waals surface area contributed by atoms with Gasteiger partial charge >= 0.3 is 23.9 Å². The Hall–Kier alpha value is -1.72. The van der Waals surface area contributed by atoms with Gasteiger partial charge in [-0.15, -0.1) is 0 Å².